The second-order valence-electron chi connectivity index (χ2n) is 6.18. The van der Waals surface area contributed by atoms with Crippen LogP contribution in [0.2, 0.25) is 0 Å². The fourth-order valence-electron chi connectivity index (χ4n) is 3.02. The number of carboxylic acid groups (broad SMARTS) is 2. The smallest absolute Gasteiger partial charge is 0.308 e. The Morgan fingerprint density at radius 2 is 1.81 bits per heavy atom. The molecule has 0 amide bonds. The molecule has 2 atom stereocenters. The van der Waals surface area contributed by atoms with Crippen molar-refractivity contribution in [2.24, 2.45) is 11.8 Å². The second kappa shape index (κ2) is 5.85. The summed E-state index contributed by atoms with van der Waals surface area (Å²) in [5, 5.41) is 18.7. The van der Waals surface area contributed by atoms with Gasteiger partial charge in [0.15, 0.2) is 0 Å². The Morgan fingerprint density at radius 1 is 1.19 bits per heavy atom. The van der Waals surface area contributed by atoms with Gasteiger partial charge >= 0.3 is 11.9 Å². The van der Waals surface area contributed by atoms with Gasteiger partial charge in [0.1, 0.15) is 0 Å². The largest absolute Gasteiger partial charge is 0.481 e. The molecule has 1 heterocycles. The first-order valence-corrected chi connectivity index (χ1v) is 7.07. The molecule has 0 saturated carbocycles. The highest BCUT2D eigenvalue weighted by Gasteiger charge is 2.47. The quantitative estimate of drug-likeness (QED) is 0.888. The van der Waals surface area contributed by atoms with Gasteiger partial charge in [0, 0.05) is 18.6 Å². The van der Waals surface area contributed by atoms with Crippen molar-refractivity contribution >= 4 is 11.9 Å². The number of aliphatic carboxylic acids is 2. The summed E-state index contributed by atoms with van der Waals surface area (Å²) in [6.07, 6.45) is 0.183. The van der Waals surface area contributed by atoms with Gasteiger partial charge in [-0.15, -0.1) is 0 Å². The predicted octanol–water partition coefficient (Wildman–Crippen LogP) is 2.07. The molecular weight excluding hydrogens is 270 g/mol. The Labute approximate surface area is 124 Å². The lowest BCUT2D eigenvalue weighted by molar-refractivity contribution is -0.158. The van der Waals surface area contributed by atoms with Crippen LogP contribution >= 0.6 is 0 Å². The number of carbonyl (C=O) groups is 2. The summed E-state index contributed by atoms with van der Waals surface area (Å²) < 4.78 is 0. The predicted molar refractivity (Wildman–Crippen MR) is 77.8 cm³/mol. The third-order valence-electron chi connectivity index (χ3n) is 4.49. The average Bonchev–Trinajstić information content (AvgIpc) is 2.41. The highest BCUT2D eigenvalue weighted by molar-refractivity contribution is 5.75. The maximum absolute atomic E-state index is 11.5. The number of nitrogens with zero attached hydrogens (tertiary/aromatic N) is 1. The molecule has 0 aliphatic carbocycles. The number of piperidine rings is 1. The van der Waals surface area contributed by atoms with Crippen LogP contribution in [0.1, 0.15) is 25.8 Å². The molecule has 1 aliphatic rings. The van der Waals surface area contributed by atoms with E-state index in [-0.39, 0.29) is 6.42 Å². The van der Waals surface area contributed by atoms with Crippen LogP contribution in [0.25, 0.3) is 0 Å². The maximum Gasteiger partial charge on any atom is 0.308 e. The van der Waals surface area contributed by atoms with E-state index in [1.165, 1.54) is 0 Å². The summed E-state index contributed by atoms with van der Waals surface area (Å²) >= 11 is 0. The van der Waals surface area contributed by atoms with E-state index in [0.29, 0.717) is 13.1 Å². The molecule has 1 aromatic rings. The molecule has 2 N–H and O–H groups in total. The molecule has 5 heteroatoms. The summed E-state index contributed by atoms with van der Waals surface area (Å²) in [6, 6.07) is 9.71. The van der Waals surface area contributed by atoms with Gasteiger partial charge in [0.05, 0.1) is 11.8 Å². The maximum atomic E-state index is 11.5. The monoisotopic (exact) mass is 291 g/mol. The number of hydrogen-bond acceptors (Lipinski definition) is 3. The van der Waals surface area contributed by atoms with Crippen molar-refractivity contribution in [3.63, 3.8) is 0 Å². The van der Waals surface area contributed by atoms with Crippen LogP contribution in [0.5, 0.6) is 0 Å². The number of carboxylic acids is 2. The topological polar surface area (TPSA) is 77.8 Å². The third-order valence-corrected chi connectivity index (χ3v) is 4.49. The minimum Gasteiger partial charge on any atom is -0.481 e. The van der Waals surface area contributed by atoms with Crippen molar-refractivity contribution < 1.29 is 19.8 Å². The molecule has 1 aromatic carbocycles. The molecule has 0 radical (unpaired) electrons. The second-order valence-corrected chi connectivity index (χ2v) is 6.18. The lowest BCUT2D eigenvalue weighted by Crippen LogP contribution is -2.58. The van der Waals surface area contributed by atoms with Gasteiger partial charge in [0.2, 0.25) is 0 Å². The van der Waals surface area contributed by atoms with Crippen molar-refractivity contribution in [1.82, 2.24) is 4.90 Å². The molecule has 0 aromatic heterocycles. The zero-order valence-corrected chi connectivity index (χ0v) is 12.3. The minimum absolute atomic E-state index is 0.183. The van der Waals surface area contributed by atoms with Gasteiger partial charge in [-0.25, -0.2) is 0 Å². The molecule has 114 valence electrons. The summed E-state index contributed by atoms with van der Waals surface area (Å²) in [5.74, 6) is -3.17. The summed E-state index contributed by atoms with van der Waals surface area (Å²) in [7, 11) is 0. The number of hydrogen-bond donors (Lipinski definition) is 2. The van der Waals surface area contributed by atoms with Crippen molar-refractivity contribution in [3.8, 4) is 0 Å². The highest BCUT2D eigenvalue weighted by atomic mass is 16.4. The molecule has 0 bridgehead atoms. The van der Waals surface area contributed by atoms with E-state index < -0.39 is 29.3 Å². The van der Waals surface area contributed by atoms with Gasteiger partial charge in [-0.3, -0.25) is 14.5 Å². The highest BCUT2D eigenvalue weighted by Crippen LogP contribution is 2.37. The molecule has 21 heavy (non-hydrogen) atoms. The third kappa shape index (κ3) is 3.24. The number of rotatable bonds is 4. The minimum atomic E-state index is -0.927. The summed E-state index contributed by atoms with van der Waals surface area (Å²) in [4.78, 5) is 24.8. The Bertz CT molecular complexity index is 526. The zero-order valence-electron chi connectivity index (χ0n) is 12.3. The summed E-state index contributed by atoms with van der Waals surface area (Å²) in [6.45, 7) is 4.70. The van der Waals surface area contributed by atoms with Gasteiger partial charge < -0.3 is 10.2 Å². The van der Waals surface area contributed by atoms with E-state index >= 15 is 0 Å². The van der Waals surface area contributed by atoms with Crippen LogP contribution < -0.4 is 0 Å². The number of likely N-dealkylation sites (tertiary alicyclic amines) is 1. The zero-order chi connectivity index (χ0) is 15.6. The van der Waals surface area contributed by atoms with Crippen molar-refractivity contribution in [2.75, 3.05) is 6.54 Å². The van der Waals surface area contributed by atoms with Gasteiger partial charge in [-0.05, 0) is 25.8 Å². The van der Waals surface area contributed by atoms with Crippen molar-refractivity contribution in [2.45, 2.75) is 32.4 Å². The Hall–Kier alpha value is -1.88. The Kier molecular flexibility index (Phi) is 4.32. The molecule has 2 unspecified atom stereocenters. The van der Waals surface area contributed by atoms with E-state index in [0.717, 1.165) is 5.56 Å². The Balaban J connectivity index is 2.27. The standard InChI is InChI=1S/C16H21NO4/c1-16(2)13(15(20)21)8-12(14(18)19)10-17(16)9-11-6-4-3-5-7-11/h3-7,12-13H,8-10H2,1-2H3,(H,18,19)(H,20,21). The normalized spacial score (nSPS) is 25.4. The molecule has 2 rings (SSSR count). The summed E-state index contributed by atoms with van der Waals surface area (Å²) in [5.41, 5.74) is 0.480. The van der Waals surface area contributed by atoms with E-state index in [9.17, 15) is 19.8 Å². The van der Waals surface area contributed by atoms with Gasteiger partial charge in [-0.1, -0.05) is 30.3 Å². The molecule has 1 saturated heterocycles. The fraction of sp³-hybridized carbons (Fsp3) is 0.500. The van der Waals surface area contributed by atoms with Crippen LogP contribution in [0.3, 0.4) is 0 Å². The molecule has 5 nitrogen and oxygen atoms in total. The average molecular weight is 291 g/mol. The molecule has 1 aliphatic heterocycles. The Morgan fingerprint density at radius 3 is 2.33 bits per heavy atom. The van der Waals surface area contributed by atoms with E-state index in [2.05, 4.69) is 0 Å². The van der Waals surface area contributed by atoms with Crippen molar-refractivity contribution in [3.05, 3.63) is 35.9 Å². The van der Waals surface area contributed by atoms with Crippen LogP contribution in [0.15, 0.2) is 30.3 Å². The van der Waals surface area contributed by atoms with Crippen molar-refractivity contribution in [1.29, 1.82) is 0 Å². The van der Waals surface area contributed by atoms with Crippen LogP contribution in [0.4, 0.5) is 0 Å². The molecule has 1 fully saturated rings. The van der Waals surface area contributed by atoms with Crippen LogP contribution in [-0.2, 0) is 16.1 Å². The SMILES string of the molecule is CC1(C)C(C(=O)O)CC(C(=O)O)CN1Cc1ccccc1. The lowest BCUT2D eigenvalue weighted by Gasteiger charge is -2.48. The molecule has 0 spiro atoms. The van der Waals surface area contributed by atoms with E-state index in [1.807, 2.05) is 49.1 Å². The van der Waals surface area contributed by atoms with E-state index in [1.54, 1.807) is 0 Å². The molecular formula is C16H21NO4. The fourth-order valence-corrected chi connectivity index (χ4v) is 3.02. The van der Waals surface area contributed by atoms with E-state index in [4.69, 9.17) is 0 Å². The first kappa shape index (κ1) is 15.5. The number of benzene rings is 1. The van der Waals surface area contributed by atoms with Crippen LogP contribution in [0, 0.1) is 11.8 Å². The lowest BCUT2D eigenvalue weighted by atomic mass is 9.75. The van der Waals surface area contributed by atoms with Crippen LogP contribution in [-0.4, -0.2) is 39.1 Å². The van der Waals surface area contributed by atoms with Gasteiger partial charge in [-0.2, -0.15) is 0 Å². The van der Waals surface area contributed by atoms with Gasteiger partial charge in [0.25, 0.3) is 0 Å². The first-order chi connectivity index (χ1) is 9.82. The first-order valence-electron chi connectivity index (χ1n) is 7.07.